The summed E-state index contributed by atoms with van der Waals surface area (Å²) < 4.78 is 10.7. The number of hydrogen-bond acceptors (Lipinski definition) is 5. The lowest BCUT2D eigenvalue weighted by Crippen LogP contribution is -2.16. The molecule has 0 amide bonds. The average molecular weight is 585 g/mol. The predicted octanol–water partition coefficient (Wildman–Crippen LogP) is 10.9. The van der Waals surface area contributed by atoms with E-state index in [1.165, 1.54) is 29.7 Å². The summed E-state index contributed by atoms with van der Waals surface area (Å²) in [4.78, 5) is 9.48. The molecule has 1 aliphatic rings. The van der Waals surface area contributed by atoms with Gasteiger partial charge in [-0.1, -0.05) is 89.2 Å². The van der Waals surface area contributed by atoms with E-state index in [-0.39, 0.29) is 0 Å². The van der Waals surface area contributed by atoms with Gasteiger partial charge in [-0.2, -0.15) is 0 Å². The van der Waals surface area contributed by atoms with Gasteiger partial charge in [0.15, 0.2) is 0 Å². The number of rotatable bonds is 4. The van der Waals surface area contributed by atoms with Crippen LogP contribution in [0.15, 0.2) is 59.0 Å². The zero-order valence-electron chi connectivity index (χ0n) is 28.3. The Kier molecular flexibility index (Phi) is 15.6. The third-order valence-corrected chi connectivity index (χ3v) is 6.57. The second-order valence-corrected chi connectivity index (χ2v) is 17.0. The lowest BCUT2D eigenvalue weighted by atomic mass is 9.88. The van der Waals surface area contributed by atoms with Crippen molar-refractivity contribution in [2.75, 3.05) is 6.61 Å². The molecule has 3 aromatic rings. The predicted molar refractivity (Wildman–Crippen MR) is 178 cm³/mol. The number of ether oxygens (including phenoxy) is 1. The maximum atomic E-state index is 5.53. The van der Waals surface area contributed by atoms with Gasteiger partial charge in [0.2, 0.25) is 0 Å². The van der Waals surface area contributed by atoms with Crippen LogP contribution < -0.4 is 0 Å². The van der Waals surface area contributed by atoms with Gasteiger partial charge in [0.05, 0.1) is 17.9 Å². The molecule has 0 N–H and O–H groups in total. The number of furan rings is 1. The van der Waals surface area contributed by atoms with Gasteiger partial charge in [0.1, 0.15) is 5.76 Å². The van der Waals surface area contributed by atoms with Crippen LogP contribution in [0, 0.1) is 21.7 Å². The van der Waals surface area contributed by atoms with Gasteiger partial charge in [0, 0.05) is 36.5 Å². The highest BCUT2D eigenvalue weighted by molar-refractivity contribution is 7.09. The quantitative estimate of drug-likeness (QED) is 0.306. The lowest BCUT2D eigenvalue weighted by molar-refractivity contribution is 0.0763. The SMILES string of the molecule is CC(C)(C)CC1CCCO1.CC(C)(C)Cc1cccnc1.CC(C)(C)Cc1ccco1.CC(C)(C)Cc1cncs1. The van der Waals surface area contributed by atoms with Gasteiger partial charge < -0.3 is 9.15 Å². The zero-order chi connectivity index (χ0) is 31.2. The van der Waals surface area contributed by atoms with Crippen LogP contribution in [0.1, 0.15) is 119 Å². The van der Waals surface area contributed by atoms with Crippen molar-refractivity contribution in [3.63, 3.8) is 0 Å². The Balaban J connectivity index is 0.000000274. The van der Waals surface area contributed by atoms with Crippen LogP contribution in [-0.4, -0.2) is 22.7 Å². The smallest absolute Gasteiger partial charge is 0.104 e. The molecule has 0 radical (unpaired) electrons. The van der Waals surface area contributed by atoms with E-state index in [1.54, 1.807) is 17.6 Å². The molecular formula is C36H60N2O2S. The van der Waals surface area contributed by atoms with Crippen molar-refractivity contribution in [2.45, 2.75) is 128 Å². The molecule has 0 aromatic carbocycles. The molecule has 41 heavy (non-hydrogen) atoms. The third kappa shape index (κ3) is 22.3. The number of pyridine rings is 1. The van der Waals surface area contributed by atoms with Crippen LogP contribution in [0.3, 0.4) is 0 Å². The van der Waals surface area contributed by atoms with E-state index in [4.69, 9.17) is 9.15 Å². The van der Waals surface area contributed by atoms with Crippen molar-refractivity contribution in [3.05, 3.63) is 70.8 Å². The highest BCUT2D eigenvalue weighted by atomic mass is 32.1. The molecule has 0 aliphatic carbocycles. The summed E-state index contributed by atoms with van der Waals surface area (Å²) in [6.07, 6.45) is 15.0. The first-order chi connectivity index (χ1) is 18.8. The van der Waals surface area contributed by atoms with E-state index in [9.17, 15) is 0 Å². The molecule has 4 nitrogen and oxygen atoms in total. The number of hydrogen-bond donors (Lipinski definition) is 0. The average Bonchev–Trinajstić information content (AvgIpc) is 3.57. The van der Waals surface area contributed by atoms with Crippen molar-refractivity contribution < 1.29 is 9.15 Å². The summed E-state index contributed by atoms with van der Waals surface area (Å²) >= 11 is 1.74. The molecule has 1 saturated heterocycles. The van der Waals surface area contributed by atoms with E-state index in [1.807, 2.05) is 42.3 Å². The zero-order valence-corrected chi connectivity index (χ0v) is 29.2. The normalized spacial score (nSPS) is 15.6. The van der Waals surface area contributed by atoms with Crippen LogP contribution in [0.2, 0.25) is 0 Å². The fourth-order valence-corrected chi connectivity index (χ4v) is 5.29. The number of thiazole rings is 1. The first-order valence-corrected chi connectivity index (χ1v) is 16.1. The molecule has 1 unspecified atom stereocenters. The van der Waals surface area contributed by atoms with Gasteiger partial charge in [-0.05, 0) is 77.5 Å². The molecule has 5 heteroatoms. The van der Waals surface area contributed by atoms with Gasteiger partial charge in [0.25, 0.3) is 0 Å². The van der Waals surface area contributed by atoms with E-state index in [0.29, 0.717) is 27.8 Å². The van der Waals surface area contributed by atoms with Crippen LogP contribution in [-0.2, 0) is 24.0 Å². The Morgan fingerprint density at radius 1 is 0.756 bits per heavy atom. The minimum Gasteiger partial charge on any atom is -0.469 e. The van der Waals surface area contributed by atoms with Crippen LogP contribution >= 0.6 is 11.3 Å². The molecule has 4 heterocycles. The standard InChI is InChI=1S/C10H15N.C9H18O.C9H14O.C8H13NS/c1-10(2,3)7-9-5-4-6-11-8-9;2*1-9(2,3)7-8-5-4-6-10-8;1-8(2,3)4-7-5-9-6-10-7/h4-6,8H,7H2,1-3H3;8H,4-7H2,1-3H3;4-6H,7H2,1-3H3;5-6H,4H2,1-3H3. The van der Waals surface area contributed by atoms with E-state index in [0.717, 1.165) is 31.6 Å². The summed E-state index contributed by atoms with van der Waals surface area (Å²) in [5.41, 5.74) is 4.74. The van der Waals surface area contributed by atoms with Crippen LogP contribution in [0.25, 0.3) is 0 Å². The molecule has 0 saturated carbocycles. The largest absolute Gasteiger partial charge is 0.469 e. The summed E-state index contributed by atoms with van der Waals surface area (Å²) in [6, 6.07) is 8.06. The van der Waals surface area contributed by atoms with Gasteiger partial charge in [-0.3, -0.25) is 9.97 Å². The molecule has 1 fully saturated rings. The van der Waals surface area contributed by atoms with Crippen LogP contribution in [0.5, 0.6) is 0 Å². The van der Waals surface area contributed by atoms with Gasteiger partial charge in [-0.25, -0.2) is 0 Å². The first-order valence-electron chi connectivity index (χ1n) is 15.2. The van der Waals surface area contributed by atoms with Crippen molar-refractivity contribution in [2.24, 2.45) is 21.7 Å². The topological polar surface area (TPSA) is 48.2 Å². The van der Waals surface area contributed by atoms with Crippen molar-refractivity contribution >= 4 is 11.3 Å². The fourth-order valence-electron chi connectivity index (χ4n) is 4.39. The third-order valence-electron chi connectivity index (χ3n) is 5.79. The summed E-state index contributed by atoms with van der Waals surface area (Å²) in [7, 11) is 0. The van der Waals surface area contributed by atoms with E-state index in [2.05, 4.69) is 99.1 Å². The summed E-state index contributed by atoms with van der Waals surface area (Å²) in [6.45, 7) is 27.9. The monoisotopic (exact) mass is 584 g/mol. The molecule has 232 valence electrons. The molecule has 4 rings (SSSR count). The molecular weight excluding hydrogens is 524 g/mol. The highest BCUT2D eigenvalue weighted by Gasteiger charge is 2.22. The fraction of sp³-hybridized carbons (Fsp3) is 0.667. The molecule has 0 spiro atoms. The maximum absolute atomic E-state index is 5.53. The second kappa shape index (κ2) is 17.2. The second-order valence-electron chi connectivity index (χ2n) is 16.0. The highest BCUT2D eigenvalue weighted by Crippen LogP contribution is 2.27. The maximum Gasteiger partial charge on any atom is 0.104 e. The minimum atomic E-state index is 0.331. The van der Waals surface area contributed by atoms with Crippen LogP contribution in [0.4, 0.5) is 0 Å². The van der Waals surface area contributed by atoms with Crippen molar-refractivity contribution in [3.8, 4) is 0 Å². The summed E-state index contributed by atoms with van der Waals surface area (Å²) in [5.74, 6) is 1.08. The van der Waals surface area contributed by atoms with E-state index < -0.39 is 0 Å². The molecule has 0 bridgehead atoms. The van der Waals surface area contributed by atoms with Gasteiger partial charge in [-0.15, -0.1) is 11.3 Å². The first kappa shape index (κ1) is 37.0. The van der Waals surface area contributed by atoms with Gasteiger partial charge >= 0.3 is 0 Å². The van der Waals surface area contributed by atoms with E-state index >= 15 is 0 Å². The molecule has 1 atom stereocenters. The van der Waals surface area contributed by atoms with Crippen molar-refractivity contribution in [1.82, 2.24) is 9.97 Å². The number of aromatic nitrogens is 2. The van der Waals surface area contributed by atoms with Crippen molar-refractivity contribution in [1.29, 1.82) is 0 Å². The Morgan fingerprint density at radius 2 is 1.41 bits per heavy atom. The minimum absolute atomic E-state index is 0.331. The number of nitrogens with zero attached hydrogens (tertiary/aromatic N) is 2. The Bertz CT molecular complexity index is 964. The Labute approximate surface area is 256 Å². The Morgan fingerprint density at radius 3 is 1.83 bits per heavy atom. The Hall–Kier alpha value is -1.98. The lowest BCUT2D eigenvalue weighted by Gasteiger charge is -2.21. The summed E-state index contributed by atoms with van der Waals surface area (Å²) in [5, 5.41) is 0. The molecule has 1 aliphatic heterocycles. The molecule has 3 aromatic heterocycles.